The Bertz CT molecular complexity index is 770. The van der Waals surface area contributed by atoms with E-state index in [-0.39, 0.29) is 6.10 Å². The van der Waals surface area contributed by atoms with Gasteiger partial charge in [0.25, 0.3) is 0 Å². The number of pyridine rings is 1. The molecule has 0 aliphatic carbocycles. The number of piperidine rings is 1. The van der Waals surface area contributed by atoms with Crippen LogP contribution >= 0.6 is 11.3 Å². The Hall–Kier alpha value is -2.15. The maximum Gasteiger partial charge on any atom is 0.188 e. The van der Waals surface area contributed by atoms with Gasteiger partial charge in [-0.15, -0.1) is 0 Å². The van der Waals surface area contributed by atoms with Crippen LogP contribution in [0.5, 0.6) is 5.75 Å². The van der Waals surface area contributed by atoms with E-state index in [2.05, 4.69) is 15.0 Å². The van der Waals surface area contributed by atoms with E-state index in [1.54, 1.807) is 23.7 Å². The highest BCUT2D eigenvalue weighted by atomic mass is 32.1. The molecule has 7 heteroatoms. The number of hydrogen-bond donors (Lipinski definition) is 0. The summed E-state index contributed by atoms with van der Waals surface area (Å²) < 4.78 is 9.06. The van der Waals surface area contributed by atoms with E-state index in [4.69, 9.17) is 9.72 Å². The van der Waals surface area contributed by atoms with Crippen molar-refractivity contribution in [2.24, 2.45) is 7.05 Å². The zero-order valence-electron chi connectivity index (χ0n) is 13.3. The van der Waals surface area contributed by atoms with Crippen molar-refractivity contribution in [1.82, 2.24) is 19.7 Å². The van der Waals surface area contributed by atoms with Gasteiger partial charge in [0, 0.05) is 39.2 Å². The first-order chi connectivity index (χ1) is 11.2. The molecule has 1 saturated heterocycles. The van der Waals surface area contributed by atoms with Crippen LogP contribution in [0, 0.1) is 6.92 Å². The monoisotopic (exact) mass is 329 g/mol. The highest BCUT2D eigenvalue weighted by molar-refractivity contribution is 7.22. The van der Waals surface area contributed by atoms with Crippen molar-refractivity contribution in [1.29, 1.82) is 0 Å². The van der Waals surface area contributed by atoms with Gasteiger partial charge in [-0.3, -0.25) is 4.98 Å². The minimum Gasteiger partial charge on any atom is -0.489 e. The minimum absolute atomic E-state index is 0.258. The summed E-state index contributed by atoms with van der Waals surface area (Å²) >= 11 is 1.74. The Labute approximate surface area is 138 Å². The molecule has 4 heterocycles. The van der Waals surface area contributed by atoms with E-state index in [0.717, 1.165) is 48.2 Å². The average Bonchev–Trinajstić information content (AvgIpc) is 3.11. The van der Waals surface area contributed by atoms with Gasteiger partial charge in [-0.25, -0.2) is 9.67 Å². The number of fused-ring (bicyclic) bond motifs is 1. The third-order valence-electron chi connectivity index (χ3n) is 4.18. The second-order valence-electron chi connectivity index (χ2n) is 5.85. The molecule has 0 unspecified atom stereocenters. The Kier molecular flexibility index (Phi) is 3.65. The summed E-state index contributed by atoms with van der Waals surface area (Å²) in [7, 11) is 1.95. The Balaban J connectivity index is 1.43. The molecular formula is C16H19N5OS. The van der Waals surface area contributed by atoms with Crippen molar-refractivity contribution in [3.05, 3.63) is 30.2 Å². The molecule has 120 valence electrons. The molecule has 0 amide bonds. The van der Waals surface area contributed by atoms with Crippen LogP contribution in [0.15, 0.2) is 24.5 Å². The summed E-state index contributed by atoms with van der Waals surface area (Å²) in [5.41, 5.74) is 2.04. The lowest BCUT2D eigenvalue weighted by molar-refractivity contribution is 0.170. The summed E-state index contributed by atoms with van der Waals surface area (Å²) in [6.07, 6.45) is 5.80. The molecule has 0 atom stereocenters. The normalized spacial score (nSPS) is 16.2. The second kappa shape index (κ2) is 5.81. The molecule has 23 heavy (non-hydrogen) atoms. The van der Waals surface area contributed by atoms with Crippen LogP contribution < -0.4 is 9.64 Å². The third-order valence-corrected chi connectivity index (χ3v) is 5.40. The number of anilines is 1. The predicted octanol–water partition coefficient (Wildman–Crippen LogP) is 2.78. The molecule has 3 aromatic rings. The molecule has 0 spiro atoms. The second-order valence-corrected chi connectivity index (χ2v) is 6.83. The molecule has 0 bridgehead atoms. The van der Waals surface area contributed by atoms with Gasteiger partial charge in [0.1, 0.15) is 11.9 Å². The summed E-state index contributed by atoms with van der Waals surface area (Å²) in [5.74, 6) is 0.854. The largest absolute Gasteiger partial charge is 0.489 e. The van der Waals surface area contributed by atoms with Gasteiger partial charge >= 0.3 is 0 Å². The van der Waals surface area contributed by atoms with Gasteiger partial charge in [0.15, 0.2) is 10.8 Å². The summed E-state index contributed by atoms with van der Waals surface area (Å²) in [6.45, 7) is 3.98. The molecule has 0 radical (unpaired) electrons. The summed E-state index contributed by atoms with van der Waals surface area (Å²) in [5, 5.41) is 5.51. The average molecular weight is 329 g/mol. The van der Waals surface area contributed by atoms with Gasteiger partial charge in [-0.2, -0.15) is 5.10 Å². The Morgan fingerprint density at radius 3 is 2.83 bits per heavy atom. The van der Waals surface area contributed by atoms with Crippen LogP contribution in [0.2, 0.25) is 0 Å². The van der Waals surface area contributed by atoms with Crippen LogP contribution in [0.3, 0.4) is 0 Å². The molecule has 1 aliphatic heterocycles. The molecule has 1 aliphatic rings. The van der Waals surface area contributed by atoms with Crippen molar-refractivity contribution < 1.29 is 4.74 Å². The SMILES string of the molecule is Cc1nn(C)c2nc(N3CCC(Oc4cccnc4)CC3)sc12. The van der Waals surface area contributed by atoms with E-state index in [1.165, 1.54) is 4.70 Å². The standard InChI is InChI=1S/C16H19N5OS/c1-11-14-15(20(2)19-11)18-16(23-14)21-8-5-12(6-9-21)22-13-4-3-7-17-10-13/h3-4,7,10,12H,5-6,8-9H2,1-2H3. The van der Waals surface area contributed by atoms with E-state index in [1.807, 2.05) is 30.8 Å². The van der Waals surface area contributed by atoms with Crippen LogP contribution in [-0.2, 0) is 7.05 Å². The van der Waals surface area contributed by atoms with Crippen molar-refractivity contribution in [2.75, 3.05) is 18.0 Å². The molecule has 0 saturated carbocycles. The number of rotatable bonds is 3. The van der Waals surface area contributed by atoms with Crippen molar-refractivity contribution >= 4 is 26.8 Å². The zero-order valence-corrected chi connectivity index (χ0v) is 14.1. The van der Waals surface area contributed by atoms with Crippen LogP contribution in [0.1, 0.15) is 18.5 Å². The first-order valence-electron chi connectivity index (χ1n) is 7.82. The molecule has 1 fully saturated rings. The van der Waals surface area contributed by atoms with Crippen LogP contribution in [0.4, 0.5) is 5.13 Å². The van der Waals surface area contributed by atoms with E-state index >= 15 is 0 Å². The van der Waals surface area contributed by atoms with Crippen LogP contribution in [0.25, 0.3) is 10.3 Å². The fourth-order valence-electron chi connectivity index (χ4n) is 2.98. The first-order valence-corrected chi connectivity index (χ1v) is 8.64. The maximum absolute atomic E-state index is 6.00. The van der Waals surface area contributed by atoms with Gasteiger partial charge < -0.3 is 9.64 Å². The number of nitrogens with zero attached hydrogens (tertiary/aromatic N) is 5. The van der Waals surface area contributed by atoms with Crippen molar-refractivity contribution in [2.45, 2.75) is 25.9 Å². The number of aromatic nitrogens is 4. The summed E-state index contributed by atoms with van der Waals surface area (Å²) in [6, 6.07) is 3.87. The van der Waals surface area contributed by atoms with Crippen molar-refractivity contribution in [3.63, 3.8) is 0 Å². The quantitative estimate of drug-likeness (QED) is 0.739. The minimum atomic E-state index is 0.258. The first kappa shape index (κ1) is 14.4. The Morgan fingerprint density at radius 1 is 1.30 bits per heavy atom. The Morgan fingerprint density at radius 2 is 2.13 bits per heavy atom. The molecule has 4 rings (SSSR count). The number of aryl methyl sites for hydroxylation is 2. The van der Waals surface area contributed by atoms with E-state index in [9.17, 15) is 0 Å². The highest BCUT2D eigenvalue weighted by Crippen LogP contribution is 2.32. The molecule has 3 aromatic heterocycles. The van der Waals surface area contributed by atoms with Gasteiger partial charge in [0.05, 0.1) is 16.6 Å². The molecular weight excluding hydrogens is 310 g/mol. The fourth-order valence-corrected chi connectivity index (χ4v) is 4.07. The molecule has 0 aromatic carbocycles. The van der Waals surface area contributed by atoms with Gasteiger partial charge in [-0.05, 0) is 19.1 Å². The summed E-state index contributed by atoms with van der Waals surface area (Å²) in [4.78, 5) is 11.2. The molecule has 6 nitrogen and oxygen atoms in total. The highest BCUT2D eigenvalue weighted by Gasteiger charge is 2.24. The van der Waals surface area contributed by atoms with Gasteiger partial charge in [-0.1, -0.05) is 11.3 Å². The lowest BCUT2D eigenvalue weighted by Gasteiger charge is -2.31. The lowest BCUT2D eigenvalue weighted by atomic mass is 10.1. The van der Waals surface area contributed by atoms with Gasteiger partial charge in [0.2, 0.25) is 0 Å². The number of ether oxygens (including phenoxy) is 1. The lowest BCUT2D eigenvalue weighted by Crippen LogP contribution is -2.38. The number of thiazole rings is 1. The predicted molar refractivity (Wildman–Crippen MR) is 91.2 cm³/mol. The zero-order chi connectivity index (χ0) is 15.8. The van der Waals surface area contributed by atoms with E-state index in [0.29, 0.717) is 0 Å². The van der Waals surface area contributed by atoms with E-state index < -0.39 is 0 Å². The van der Waals surface area contributed by atoms with Crippen LogP contribution in [-0.4, -0.2) is 38.9 Å². The fraction of sp³-hybridized carbons (Fsp3) is 0.438. The smallest absolute Gasteiger partial charge is 0.188 e. The molecule has 0 N–H and O–H groups in total. The van der Waals surface area contributed by atoms with Crippen molar-refractivity contribution in [3.8, 4) is 5.75 Å². The number of hydrogen-bond acceptors (Lipinski definition) is 6. The maximum atomic E-state index is 6.00. The third kappa shape index (κ3) is 2.76. The topological polar surface area (TPSA) is 56.1 Å².